The average Bonchev–Trinajstić information content (AvgIpc) is 3.29. The molecule has 140 valence electrons. The number of rotatable bonds is 2. The van der Waals surface area contributed by atoms with Gasteiger partial charge in [0.05, 0.1) is 17.8 Å². The molecule has 1 aromatic carbocycles. The van der Waals surface area contributed by atoms with Gasteiger partial charge in [0.25, 0.3) is 5.91 Å². The fourth-order valence-corrected chi connectivity index (χ4v) is 3.44. The van der Waals surface area contributed by atoms with Crippen molar-refractivity contribution in [1.29, 1.82) is 0 Å². The van der Waals surface area contributed by atoms with Gasteiger partial charge in [0.2, 0.25) is 0 Å². The molecular formula is C19H16F3N3O2. The summed E-state index contributed by atoms with van der Waals surface area (Å²) >= 11 is 0. The highest BCUT2D eigenvalue weighted by atomic mass is 19.4. The van der Waals surface area contributed by atoms with Crippen molar-refractivity contribution in [3.8, 4) is 0 Å². The SMILES string of the molecule is O=C(c1ccccn1)N1CCC2(CC(c3cccc(C(F)(F)F)c3)=NO2)C1. The minimum atomic E-state index is -4.41. The van der Waals surface area contributed by atoms with Crippen LogP contribution in [0.15, 0.2) is 53.8 Å². The number of halogens is 3. The first-order chi connectivity index (χ1) is 12.9. The number of benzene rings is 1. The van der Waals surface area contributed by atoms with Crippen LogP contribution in [0.1, 0.15) is 34.5 Å². The molecule has 1 saturated heterocycles. The van der Waals surface area contributed by atoms with Crippen LogP contribution in [0.4, 0.5) is 13.2 Å². The van der Waals surface area contributed by atoms with Gasteiger partial charge in [-0.2, -0.15) is 13.2 Å². The van der Waals surface area contributed by atoms with Gasteiger partial charge in [0.1, 0.15) is 5.69 Å². The van der Waals surface area contributed by atoms with Crippen LogP contribution >= 0.6 is 0 Å². The minimum Gasteiger partial charge on any atom is -0.387 e. The van der Waals surface area contributed by atoms with E-state index in [0.717, 1.165) is 12.1 Å². The standard InChI is InChI=1S/C19H16F3N3O2/c20-19(21,22)14-5-3-4-13(10-14)16-11-18(27-24-16)7-9-25(12-18)17(26)15-6-1-2-8-23-15/h1-6,8,10H,7,9,11-12H2. The third-order valence-corrected chi connectivity index (χ3v) is 4.85. The number of amides is 1. The predicted molar refractivity (Wildman–Crippen MR) is 91.2 cm³/mol. The number of alkyl halides is 3. The molecule has 2 aliphatic rings. The third kappa shape index (κ3) is 3.39. The average molecular weight is 375 g/mol. The molecule has 1 atom stereocenters. The Hall–Kier alpha value is -2.90. The van der Waals surface area contributed by atoms with E-state index in [0.29, 0.717) is 42.9 Å². The Balaban J connectivity index is 1.47. The Morgan fingerprint density at radius 1 is 1.19 bits per heavy atom. The molecule has 5 nitrogen and oxygen atoms in total. The highest BCUT2D eigenvalue weighted by Crippen LogP contribution is 2.37. The molecule has 1 amide bonds. The van der Waals surface area contributed by atoms with Crippen molar-refractivity contribution in [3.63, 3.8) is 0 Å². The van der Waals surface area contributed by atoms with E-state index in [9.17, 15) is 18.0 Å². The summed E-state index contributed by atoms with van der Waals surface area (Å²) in [5.41, 5.74) is -0.202. The normalized spacial score (nSPS) is 22.0. The van der Waals surface area contributed by atoms with Crippen LogP contribution in [0.25, 0.3) is 0 Å². The molecule has 2 aromatic rings. The van der Waals surface area contributed by atoms with E-state index < -0.39 is 17.3 Å². The van der Waals surface area contributed by atoms with Gasteiger partial charge in [0.15, 0.2) is 5.60 Å². The Morgan fingerprint density at radius 2 is 2.04 bits per heavy atom. The van der Waals surface area contributed by atoms with Crippen molar-refractivity contribution in [3.05, 3.63) is 65.5 Å². The molecule has 1 spiro atoms. The fraction of sp³-hybridized carbons (Fsp3) is 0.316. The summed E-state index contributed by atoms with van der Waals surface area (Å²) in [5.74, 6) is -0.191. The van der Waals surface area contributed by atoms with E-state index in [-0.39, 0.29) is 5.91 Å². The zero-order valence-corrected chi connectivity index (χ0v) is 14.2. The van der Waals surface area contributed by atoms with Crippen molar-refractivity contribution in [1.82, 2.24) is 9.88 Å². The van der Waals surface area contributed by atoms with Crippen LogP contribution in [0, 0.1) is 0 Å². The molecule has 1 fully saturated rings. The van der Waals surface area contributed by atoms with Crippen molar-refractivity contribution in [2.45, 2.75) is 24.6 Å². The number of carbonyl (C=O) groups is 1. The number of hydrogen-bond acceptors (Lipinski definition) is 4. The first-order valence-electron chi connectivity index (χ1n) is 8.49. The van der Waals surface area contributed by atoms with E-state index >= 15 is 0 Å². The molecule has 1 aromatic heterocycles. The van der Waals surface area contributed by atoms with Crippen molar-refractivity contribution in [2.75, 3.05) is 13.1 Å². The molecule has 0 bridgehead atoms. The van der Waals surface area contributed by atoms with Crippen LogP contribution in [-0.4, -0.2) is 40.2 Å². The molecular weight excluding hydrogens is 359 g/mol. The Labute approximate surface area is 153 Å². The maximum atomic E-state index is 12.9. The number of likely N-dealkylation sites (tertiary alicyclic amines) is 1. The minimum absolute atomic E-state index is 0.191. The number of oxime groups is 1. The lowest BCUT2D eigenvalue weighted by molar-refractivity contribution is -0.137. The molecule has 0 saturated carbocycles. The Bertz CT molecular complexity index is 899. The van der Waals surface area contributed by atoms with Gasteiger partial charge < -0.3 is 9.74 Å². The molecule has 0 radical (unpaired) electrons. The summed E-state index contributed by atoms with van der Waals surface area (Å²) < 4.78 is 38.8. The maximum Gasteiger partial charge on any atom is 0.416 e. The van der Waals surface area contributed by atoms with Crippen LogP contribution in [0.5, 0.6) is 0 Å². The summed E-state index contributed by atoms with van der Waals surface area (Å²) in [6, 6.07) is 10.2. The Morgan fingerprint density at radius 3 is 2.78 bits per heavy atom. The van der Waals surface area contributed by atoms with Crippen LogP contribution in [-0.2, 0) is 11.0 Å². The van der Waals surface area contributed by atoms with E-state index in [1.54, 1.807) is 35.4 Å². The molecule has 3 heterocycles. The monoisotopic (exact) mass is 375 g/mol. The van der Waals surface area contributed by atoms with E-state index in [1.807, 2.05) is 0 Å². The third-order valence-electron chi connectivity index (χ3n) is 4.85. The van der Waals surface area contributed by atoms with Gasteiger partial charge in [-0.1, -0.05) is 23.4 Å². The lowest BCUT2D eigenvalue weighted by Crippen LogP contribution is -2.36. The smallest absolute Gasteiger partial charge is 0.387 e. The summed E-state index contributed by atoms with van der Waals surface area (Å²) in [5, 5.41) is 4.03. The first-order valence-corrected chi connectivity index (χ1v) is 8.49. The summed E-state index contributed by atoms with van der Waals surface area (Å²) in [4.78, 5) is 23.9. The van der Waals surface area contributed by atoms with Crippen LogP contribution < -0.4 is 0 Å². The number of carbonyl (C=O) groups excluding carboxylic acids is 1. The van der Waals surface area contributed by atoms with Gasteiger partial charge in [-0.25, -0.2) is 0 Å². The lowest BCUT2D eigenvalue weighted by atomic mass is 9.93. The molecule has 0 N–H and O–H groups in total. The second-order valence-corrected chi connectivity index (χ2v) is 6.76. The number of nitrogens with zero attached hydrogens (tertiary/aromatic N) is 3. The van der Waals surface area contributed by atoms with Gasteiger partial charge in [-0.05, 0) is 24.3 Å². The van der Waals surface area contributed by atoms with Gasteiger partial charge in [-0.15, -0.1) is 0 Å². The molecule has 0 aliphatic carbocycles. The summed E-state index contributed by atoms with van der Waals surface area (Å²) in [6.07, 6.45) is -1.93. The van der Waals surface area contributed by atoms with E-state index in [1.165, 1.54) is 6.07 Å². The highest BCUT2D eigenvalue weighted by Gasteiger charge is 2.47. The zero-order chi connectivity index (χ0) is 19.1. The summed E-state index contributed by atoms with van der Waals surface area (Å²) in [6.45, 7) is 0.815. The molecule has 8 heteroatoms. The van der Waals surface area contributed by atoms with Crippen LogP contribution in [0.3, 0.4) is 0 Å². The van der Waals surface area contributed by atoms with Crippen LogP contribution in [0.2, 0.25) is 0 Å². The number of hydrogen-bond donors (Lipinski definition) is 0. The molecule has 27 heavy (non-hydrogen) atoms. The maximum absolute atomic E-state index is 12.9. The quantitative estimate of drug-likeness (QED) is 0.807. The van der Waals surface area contributed by atoms with E-state index in [2.05, 4.69) is 10.1 Å². The predicted octanol–water partition coefficient (Wildman–Crippen LogP) is 3.51. The van der Waals surface area contributed by atoms with E-state index in [4.69, 9.17) is 4.84 Å². The van der Waals surface area contributed by atoms with Crippen molar-refractivity contribution in [2.24, 2.45) is 5.16 Å². The molecule has 1 unspecified atom stereocenters. The van der Waals surface area contributed by atoms with Gasteiger partial charge in [-0.3, -0.25) is 9.78 Å². The number of aromatic nitrogens is 1. The lowest BCUT2D eigenvalue weighted by Gasteiger charge is -2.21. The topological polar surface area (TPSA) is 54.8 Å². The highest BCUT2D eigenvalue weighted by molar-refractivity contribution is 6.02. The summed E-state index contributed by atoms with van der Waals surface area (Å²) in [7, 11) is 0. The van der Waals surface area contributed by atoms with Crippen molar-refractivity contribution >= 4 is 11.6 Å². The second kappa shape index (κ2) is 6.37. The largest absolute Gasteiger partial charge is 0.416 e. The fourth-order valence-electron chi connectivity index (χ4n) is 3.44. The molecule has 2 aliphatic heterocycles. The molecule has 4 rings (SSSR count). The zero-order valence-electron chi connectivity index (χ0n) is 14.2. The van der Waals surface area contributed by atoms with Gasteiger partial charge >= 0.3 is 6.18 Å². The first kappa shape index (κ1) is 17.5. The Kier molecular flexibility index (Phi) is 4.13. The number of pyridine rings is 1. The second-order valence-electron chi connectivity index (χ2n) is 6.76. The van der Waals surface area contributed by atoms with Crippen molar-refractivity contribution < 1.29 is 22.8 Å². The van der Waals surface area contributed by atoms with Gasteiger partial charge in [0, 0.05) is 31.1 Å².